The summed E-state index contributed by atoms with van der Waals surface area (Å²) < 4.78 is 15.4. The Labute approximate surface area is 386 Å². The molecule has 0 aliphatic carbocycles. The van der Waals surface area contributed by atoms with Crippen LogP contribution in [0.5, 0.6) is 0 Å². The standard InChI is InChI=1S/C24H31Cl2N3O4S.C19H23Cl2N3O2S/c1-14(2)11-19-20(15-7-8-16(25)17(26)12-15)27-22(34-19)28-9-10-29(18(13-28)21(30)32-6)23(31)33-24(3,4)5;1-11(2)8-16-17(12-4-5-13(20)14(21)9-12)23-19(27-16)24-7-6-22-15(10-24)18(25)26-3/h7-8,12,14,18H,9-11,13H2,1-6H3;4-5,9,11,15,22H,6-8,10H2,1-3H3. The lowest BCUT2D eigenvalue weighted by atomic mass is 10.0. The van der Waals surface area contributed by atoms with Gasteiger partial charge in [0, 0.05) is 53.6 Å². The third kappa shape index (κ3) is 12.9. The molecular formula is C43H54Cl4N6O6S2. The third-order valence-corrected chi connectivity index (χ3v) is 13.4. The number of methoxy groups -OCH3 is 2. The SMILES string of the molecule is COC(=O)C1CN(c2nc(-c3ccc(Cl)c(Cl)c3)c(CC(C)C)s2)CCN1.COC(=O)C1CN(c2nc(-c3ccc(Cl)c(Cl)c3)c(CC(C)C)s2)CCN1C(=O)OC(C)(C)C. The number of aromatic nitrogens is 2. The van der Waals surface area contributed by atoms with Gasteiger partial charge in [-0.05, 0) is 69.7 Å². The summed E-state index contributed by atoms with van der Waals surface area (Å²) in [5.41, 5.74) is 2.99. The number of piperazine rings is 2. The highest BCUT2D eigenvalue weighted by atomic mass is 35.5. The summed E-state index contributed by atoms with van der Waals surface area (Å²) in [5.74, 6) is 0.204. The summed E-state index contributed by atoms with van der Waals surface area (Å²) in [6, 6.07) is 9.99. The average Bonchev–Trinajstić information content (AvgIpc) is 3.82. The van der Waals surface area contributed by atoms with Gasteiger partial charge in [-0.2, -0.15) is 0 Å². The number of esters is 2. The molecule has 0 saturated carbocycles. The Morgan fingerprint density at radius 1 is 0.738 bits per heavy atom. The second kappa shape index (κ2) is 21.3. The summed E-state index contributed by atoms with van der Waals surface area (Å²) in [7, 11) is 2.73. The summed E-state index contributed by atoms with van der Waals surface area (Å²) in [5, 5.41) is 6.92. The van der Waals surface area contributed by atoms with Gasteiger partial charge in [0.25, 0.3) is 0 Å². The predicted molar refractivity (Wildman–Crippen MR) is 249 cm³/mol. The number of ether oxygens (including phenoxy) is 3. The van der Waals surface area contributed by atoms with Gasteiger partial charge < -0.3 is 29.3 Å². The fraction of sp³-hybridized carbons (Fsp3) is 0.512. The highest BCUT2D eigenvalue weighted by Gasteiger charge is 2.39. The van der Waals surface area contributed by atoms with E-state index in [0.717, 1.165) is 57.0 Å². The van der Waals surface area contributed by atoms with Crippen LogP contribution in [0.1, 0.15) is 58.2 Å². The van der Waals surface area contributed by atoms with Crippen LogP contribution < -0.4 is 15.1 Å². The van der Waals surface area contributed by atoms with Gasteiger partial charge in [0.1, 0.15) is 11.6 Å². The van der Waals surface area contributed by atoms with Crippen molar-refractivity contribution < 1.29 is 28.6 Å². The first-order chi connectivity index (χ1) is 28.8. The Morgan fingerprint density at radius 3 is 1.67 bits per heavy atom. The van der Waals surface area contributed by atoms with E-state index in [1.165, 1.54) is 24.0 Å². The van der Waals surface area contributed by atoms with Crippen molar-refractivity contribution in [1.29, 1.82) is 0 Å². The molecular weight excluding hydrogens is 902 g/mol. The molecule has 332 valence electrons. The zero-order valence-corrected chi connectivity index (χ0v) is 40.6. The van der Waals surface area contributed by atoms with Crippen LogP contribution in [-0.2, 0) is 36.6 Å². The Hall–Kier alpha value is -3.37. The Morgan fingerprint density at radius 2 is 1.23 bits per heavy atom. The number of thiazole rings is 2. The van der Waals surface area contributed by atoms with E-state index in [-0.39, 0.29) is 18.6 Å². The van der Waals surface area contributed by atoms with Crippen LogP contribution in [0.2, 0.25) is 20.1 Å². The first kappa shape index (κ1) is 48.7. The number of nitrogens with one attached hydrogen (secondary N) is 1. The molecule has 2 saturated heterocycles. The molecule has 61 heavy (non-hydrogen) atoms. The van der Waals surface area contributed by atoms with Crippen molar-refractivity contribution in [3.63, 3.8) is 0 Å². The lowest BCUT2D eigenvalue weighted by molar-refractivity contribution is -0.147. The summed E-state index contributed by atoms with van der Waals surface area (Å²) in [4.78, 5) is 55.0. The summed E-state index contributed by atoms with van der Waals surface area (Å²) in [6.45, 7) is 17.2. The van der Waals surface area contributed by atoms with E-state index in [1.807, 2.05) is 29.2 Å². The average molecular weight is 957 g/mol. The maximum Gasteiger partial charge on any atom is 0.411 e. The van der Waals surface area contributed by atoms with Crippen LogP contribution in [-0.4, -0.2) is 104 Å². The number of halogens is 4. The molecule has 0 radical (unpaired) electrons. The van der Waals surface area contributed by atoms with Gasteiger partial charge in [0.05, 0.1) is 52.2 Å². The van der Waals surface area contributed by atoms with Crippen molar-refractivity contribution in [2.45, 2.75) is 79.0 Å². The molecule has 4 heterocycles. The molecule has 1 amide bonds. The van der Waals surface area contributed by atoms with Gasteiger partial charge in [-0.3, -0.25) is 9.69 Å². The number of nitrogens with zero attached hydrogens (tertiary/aromatic N) is 5. The number of hydrogen-bond donors (Lipinski definition) is 1. The number of hydrogen-bond acceptors (Lipinski definition) is 13. The van der Waals surface area contributed by atoms with Crippen LogP contribution in [0.3, 0.4) is 0 Å². The number of rotatable bonds is 10. The van der Waals surface area contributed by atoms with Crippen molar-refractivity contribution in [3.05, 3.63) is 66.2 Å². The van der Waals surface area contributed by atoms with E-state index in [0.29, 0.717) is 58.1 Å². The summed E-state index contributed by atoms with van der Waals surface area (Å²) >= 11 is 27.9. The highest BCUT2D eigenvalue weighted by molar-refractivity contribution is 7.16. The third-order valence-electron chi connectivity index (χ3n) is 9.63. The quantitative estimate of drug-likeness (QED) is 0.121. The van der Waals surface area contributed by atoms with Gasteiger partial charge in [-0.15, -0.1) is 22.7 Å². The molecule has 2 atom stereocenters. The molecule has 2 unspecified atom stereocenters. The van der Waals surface area contributed by atoms with E-state index < -0.39 is 23.7 Å². The minimum absolute atomic E-state index is 0.247. The van der Waals surface area contributed by atoms with Crippen molar-refractivity contribution in [1.82, 2.24) is 20.2 Å². The van der Waals surface area contributed by atoms with Crippen molar-refractivity contribution >= 4 is 97.4 Å². The molecule has 6 rings (SSSR count). The van der Waals surface area contributed by atoms with Crippen LogP contribution >= 0.6 is 69.1 Å². The fourth-order valence-corrected chi connectivity index (χ4v) is 10.0. The van der Waals surface area contributed by atoms with Crippen molar-refractivity contribution in [2.24, 2.45) is 11.8 Å². The van der Waals surface area contributed by atoms with E-state index in [2.05, 4.69) is 37.9 Å². The topological polar surface area (TPSA) is 126 Å². The molecule has 2 aromatic carbocycles. The lowest BCUT2D eigenvalue weighted by Gasteiger charge is -2.40. The van der Waals surface area contributed by atoms with Gasteiger partial charge in [-0.1, -0.05) is 86.2 Å². The van der Waals surface area contributed by atoms with Crippen LogP contribution in [0.15, 0.2) is 36.4 Å². The number of benzene rings is 2. The minimum Gasteiger partial charge on any atom is -0.468 e. The van der Waals surface area contributed by atoms with E-state index in [1.54, 1.807) is 55.6 Å². The van der Waals surface area contributed by atoms with E-state index in [4.69, 9.17) is 70.6 Å². The summed E-state index contributed by atoms with van der Waals surface area (Å²) in [6.07, 6.45) is 1.25. The minimum atomic E-state index is -0.792. The Balaban J connectivity index is 0.000000237. The molecule has 2 aromatic heterocycles. The van der Waals surface area contributed by atoms with Gasteiger partial charge in [0.2, 0.25) is 0 Å². The van der Waals surface area contributed by atoms with Gasteiger partial charge >= 0.3 is 18.0 Å². The number of carbonyl (C=O) groups is 3. The molecule has 2 fully saturated rings. The molecule has 12 nitrogen and oxygen atoms in total. The van der Waals surface area contributed by atoms with Gasteiger partial charge in [-0.25, -0.2) is 19.6 Å². The van der Waals surface area contributed by atoms with Gasteiger partial charge in [0.15, 0.2) is 16.3 Å². The molecule has 18 heteroatoms. The smallest absolute Gasteiger partial charge is 0.411 e. The van der Waals surface area contributed by atoms with E-state index in [9.17, 15) is 14.4 Å². The Bertz CT molecular complexity index is 2180. The highest BCUT2D eigenvalue weighted by Crippen LogP contribution is 2.39. The second-order valence-corrected chi connectivity index (χ2v) is 20.4. The number of carbonyl (C=O) groups excluding carboxylic acids is 3. The zero-order chi connectivity index (χ0) is 44.8. The molecule has 2 aliphatic heterocycles. The second-order valence-electron chi connectivity index (χ2n) is 16.6. The first-order valence-corrected chi connectivity index (χ1v) is 23.2. The maximum atomic E-state index is 12.8. The van der Waals surface area contributed by atoms with Crippen molar-refractivity contribution in [2.75, 3.05) is 63.3 Å². The molecule has 2 aliphatic rings. The Kier molecular flexibility index (Phi) is 17.0. The number of amides is 1. The zero-order valence-electron chi connectivity index (χ0n) is 35.9. The normalized spacial score (nSPS) is 17.0. The molecule has 0 bridgehead atoms. The lowest BCUT2D eigenvalue weighted by Crippen LogP contribution is -2.59. The van der Waals surface area contributed by atoms with Crippen LogP contribution in [0, 0.1) is 11.8 Å². The fourth-order valence-electron chi connectivity index (χ4n) is 6.76. The maximum absolute atomic E-state index is 12.8. The largest absolute Gasteiger partial charge is 0.468 e. The molecule has 1 N–H and O–H groups in total. The molecule has 4 aromatic rings. The molecule has 0 spiro atoms. The van der Waals surface area contributed by atoms with E-state index >= 15 is 0 Å². The first-order valence-electron chi connectivity index (χ1n) is 20.1. The van der Waals surface area contributed by atoms with Crippen molar-refractivity contribution in [3.8, 4) is 22.5 Å². The van der Waals surface area contributed by atoms with Crippen LogP contribution in [0.25, 0.3) is 22.5 Å². The predicted octanol–water partition coefficient (Wildman–Crippen LogP) is 10.2. The van der Waals surface area contributed by atoms with Crippen LogP contribution in [0.4, 0.5) is 15.1 Å². The monoisotopic (exact) mass is 954 g/mol. The number of anilines is 2.